The normalized spacial score (nSPS) is 10.7. The topological polar surface area (TPSA) is 132 Å². The maximum absolute atomic E-state index is 12.5. The number of nitrogens with two attached hydrogens (primary N) is 1. The van der Waals surface area contributed by atoms with Crippen LogP contribution in [0, 0.1) is 17.0 Å². The Morgan fingerprint density at radius 3 is 2.63 bits per heavy atom. The average molecular weight is 425 g/mol. The zero-order valence-electron chi connectivity index (χ0n) is 16.4. The van der Waals surface area contributed by atoms with Crippen LogP contribution in [0.2, 0.25) is 0 Å². The highest BCUT2D eigenvalue weighted by Crippen LogP contribution is 2.30. The molecule has 0 saturated heterocycles. The van der Waals surface area contributed by atoms with E-state index in [1.807, 2.05) is 31.2 Å². The molecule has 154 valence electrons. The number of aryl methyl sites for hydroxylation is 1. The third-order valence-electron chi connectivity index (χ3n) is 4.44. The summed E-state index contributed by atoms with van der Waals surface area (Å²) in [7, 11) is 1.63. The molecule has 3 aromatic rings. The van der Waals surface area contributed by atoms with E-state index in [1.54, 1.807) is 7.05 Å². The molecule has 0 aliphatic rings. The van der Waals surface area contributed by atoms with Crippen molar-refractivity contribution >= 4 is 40.2 Å². The number of hydrogen-bond acceptors (Lipinski definition) is 7. The summed E-state index contributed by atoms with van der Waals surface area (Å²) < 4.78 is 0. The number of nitrogens with zero attached hydrogens (tertiary/aromatic N) is 4. The molecule has 2 N–H and O–H groups in total. The van der Waals surface area contributed by atoms with Gasteiger partial charge < -0.3 is 10.6 Å². The summed E-state index contributed by atoms with van der Waals surface area (Å²) in [5, 5.41) is 12.2. The quantitative estimate of drug-likeness (QED) is 0.349. The van der Waals surface area contributed by atoms with Crippen molar-refractivity contribution in [3.63, 3.8) is 0 Å². The number of nitro groups is 1. The van der Waals surface area contributed by atoms with Crippen molar-refractivity contribution in [3.8, 4) is 0 Å². The van der Waals surface area contributed by atoms with Crippen molar-refractivity contribution in [3.05, 3.63) is 69.7 Å². The molecule has 3 rings (SSSR count). The summed E-state index contributed by atoms with van der Waals surface area (Å²) in [6.45, 7) is 2.10. The van der Waals surface area contributed by atoms with E-state index >= 15 is 0 Å². The number of benzene rings is 2. The molecule has 9 nitrogen and oxygen atoms in total. The number of amides is 2. The van der Waals surface area contributed by atoms with Gasteiger partial charge in [0.25, 0.3) is 5.69 Å². The lowest BCUT2D eigenvalue weighted by Gasteiger charge is -2.17. The van der Waals surface area contributed by atoms with Crippen LogP contribution in [0.1, 0.15) is 21.9 Å². The molecule has 2 aromatic carbocycles. The van der Waals surface area contributed by atoms with E-state index in [4.69, 9.17) is 5.73 Å². The van der Waals surface area contributed by atoms with Gasteiger partial charge in [-0.1, -0.05) is 18.2 Å². The first kappa shape index (κ1) is 21.2. The summed E-state index contributed by atoms with van der Waals surface area (Å²) >= 11 is 1.02. The molecule has 0 fully saturated rings. The van der Waals surface area contributed by atoms with Crippen LogP contribution in [0.4, 0.5) is 5.69 Å². The Balaban J connectivity index is 1.69. The van der Waals surface area contributed by atoms with Crippen LogP contribution in [0.5, 0.6) is 0 Å². The molecule has 2 amide bonds. The standard InChI is InChI=1S/C20H19N5O4S/c1-12-14-5-3-4-6-15(14)23-18(22-12)10-24(2)19(26)11-30-17-8-7-13(20(21)27)9-16(17)25(28)29/h3-9H,10-11H2,1-2H3,(H2,21,27). The summed E-state index contributed by atoms with van der Waals surface area (Å²) in [4.78, 5) is 45.2. The molecule has 0 spiro atoms. The molecule has 0 saturated carbocycles. The maximum atomic E-state index is 12.5. The van der Waals surface area contributed by atoms with Crippen LogP contribution < -0.4 is 5.73 Å². The first-order chi connectivity index (χ1) is 14.3. The molecule has 0 radical (unpaired) electrons. The van der Waals surface area contributed by atoms with Gasteiger partial charge in [0.05, 0.1) is 27.6 Å². The zero-order chi connectivity index (χ0) is 21.8. The number of rotatable bonds is 7. The second-order valence-electron chi connectivity index (χ2n) is 6.58. The van der Waals surface area contributed by atoms with Crippen molar-refractivity contribution in [2.75, 3.05) is 12.8 Å². The predicted molar refractivity (Wildman–Crippen MR) is 113 cm³/mol. The van der Waals surface area contributed by atoms with E-state index in [2.05, 4.69) is 9.97 Å². The lowest BCUT2D eigenvalue weighted by molar-refractivity contribution is -0.387. The van der Waals surface area contributed by atoms with Crippen molar-refractivity contribution in [2.45, 2.75) is 18.4 Å². The molecule has 0 atom stereocenters. The monoisotopic (exact) mass is 425 g/mol. The Bertz CT molecular complexity index is 1150. The molecular formula is C20H19N5O4S. The molecule has 30 heavy (non-hydrogen) atoms. The van der Waals surface area contributed by atoms with Gasteiger partial charge in [-0.25, -0.2) is 9.97 Å². The number of aromatic nitrogens is 2. The minimum absolute atomic E-state index is 0.0141. The number of hydrogen-bond donors (Lipinski definition) is 1. The molecule has 10 heteroatoms. The van der Waals surface area contributed by atoms with E-state index in [0.717, 1.165) is 34.4 Å². The van der Waals surface area contributed by atoms with Gasteiger partial charge in [-0.15, -0.1) is 11.8 Å². The van der Waals surface area contributed by atoms with Crippen molar-refractivity contribution < 1.29 is 14.5 Å². The van der Waals surface area contributed by atoms with E-state index in [0.29, 0.717) is 5.82 Å². The largest absolute Gasteiger partial charge is 0.366 e. The van der Waals surface area contributed by atoms with Gasteiger partial charge in [-0.3, -0.25) is 19.7 Å². The first-order valence-corrected chi connectivity index (χ1v) is 9.92. The van der Waals surface area contributed by atoms with Gasteiger partial charge in [0.2, 0.25) is 11.8 Å². The Kier molecular flexibility index (Phi) is 6.26. The van der Waals surface area contributed by atoms with E-state index in [9.17, 15) is 19.7 Å². The minimum atomic E-state index is -0.754. The highest BCUT2D eigenvalue weighted by molar-refractivity contribution is 8.00. The fourth-order valence-corrected chi connectivity index (χ4v) is 3.80. The summed E-state index contributed by atoms with van der Waals surface area (Å²) in [6, 6.07) is 11.6. The fourth-order valence-electron chi connectivity index (χ4n) is 2.85. The lowest BCUT2D eigenvalue weighted by Crippen LogP contribution is -2.28. The molecule has 0 aliphatic carbocycles. The number of primary amides is 1. The highest BCUT2D eigenvalue weighted by atomic mass is 32.2. The van der Waals surface area contributed by atoms with Crippen LogP contribution in [-0.4, -0.2) is 44.4 Å². The number of carbonyl (C=O) groups is 2. The third-order valence-corrected chi connectivity index (χ3v) is 5.48. The van der Waals surface area contributed by atoms with Gasteiger partial charge >= 0.3 is 0 Å². The minimum Gasteiger partial charge on any atom is -0.366 e. The Hall–Kier alpha value is -3.53. The Labute approximate surface area is 176 Å². The third kappa shape index (κ3) is 4.71. The molecule has 0 unspecified atom stereocenters. The van der Waals surface area contributed by atoms with Crippen LogP contribution in [0.25, 0.3) is 10.9 Å². The number of nitro benzene ring substituents is 1. The van der Waals surface area contributed by atoms with Crippen LogP contribution >= 0.6 is 11.8 Å². The van der Waals surface area contributed by atoms with Gasteiger partial charge in [0, 0.05) is 29.8 Å². The molecule has 0 bridgehead atoms. The molecule has 0 aliphatic heterocycles. The SMILES string of the molecule is Cc1nc(CN(C)C(=O)CSc2ccc(C(N)=O)cc2[N+](=O)[O-])nc2ccccc12. The zero-order valence-corrected chi connectivity index (χ0v) is 17.2. The number of fused-ring (bicyclic) bond motifs is 1. The van der Waals surface area contributed by atoms with Crippen molar-refractivity contribution in [1.82, 2.24) is 14.9 Å². The summed E-state index contributed by atoms with van der Waals surface area (Å²) in [5.74, 6) is -0.484. The second-order valence-corrected chi connectivity index (χ2v) is 7.60. The fraction of sp³-hybridized carbons (Fsp3) is 0.200. The summed E-state index contributed by atoms with van der Waals surface area (Å²) in [6.07, 6.45) is 0. The Morgan fingerprint density at radius 1 is 1.20 bits per heavy atom. The summed E-state index contributed by atoms with van der Waals surface area (Å²) in [5.41, 5.74) is 6.58. The lowest BCUT2D eigenvalue weighted by atomic mass is 10.2. The smallest absolute Gasteiger partial charge is 0.283 e. The molecule has 1 heterocycles. The number of carbonyl (C=O) groups excluding carboxylic acids is 2. The van der Waals surface area contributed by atoms with Gasteiger partial charge in [-0.2, -0.15) is 0 Å². The average Bonchev–Trinajstić information content (AvgIpc) is 2.71. The van der Waals surface area contributed by atoms with Crippen LogP contribution in [0.15, 0.2) is 47.4 Å². The predicted octanol–water partition coefficient (Wildman–Crippen LogP) is 2.70. The van der Waals surface area contributed by atoms with Crippen molar-refractivity contribution in [1.29, 1.82) is 0 Å². The van der Waals surface area contributed by atoms with Gasteiger partial charge in [-0.05, 0) is 25.1 Å². The van der Waals surface area contributed by atoms with Crippen molar-refractivity contribution in [2.24, 2.45) is 5.73 Å². The van der Waals surface area contributed by atoms with E-state index in [-0.39, 0.29) is 34.4 Å². The van der Waals surface area contributed by atoms with Gasteiger partial charge in [0.1, 0.15) is 5.82 Å². The Morgan fingerprint density at radius 2 is 1.93 bits per heavy atom. The van der Waals surface area contributed by atoms with E-state index in [1.165, 1.54) is 17.0 Å². The number of para-hydroxylation sites is 1. The second kappa shape index (κ2) is 8.87. The van der Waals surface area contributed by atoms with Crippen LogP contribution in [0.3, 0.4) is 0 Å². The maximum Gasteiger partial charge on any atom is 0.283 e. The molecule has 1 aromatic heterocycles. The highest BCUT2D eigenvalue weighted by Gasteiger charge is 2.19. The number of thioether (sulfide) groups is 1. The first-order valence-electron chi connectivity index (χ1n) is 8.93. The van der Waals surface area contributed by atoms with Crippen LogP contribution in [-0.2, 0) is 11.3 Å². The molecular weight excluding hydrogens is 406 g/mol. The van der Waals surface area contributed by atoms with Gasteiger partial charge in [0.15, 0.2) is 0 Å². The van der Waals surface area contributed by atoms with E-state index < -0.39 is 10.8 Å².